The smallest absolute Gasteiger partial charge is 0.338 e. The van der Waals surface area contributed by atoms with E-state index in [9.17, 15) is 9.59 Å². The number of fused-ring (bicyclic) bond motifs is 1. The SMILES string of the molecule is O=C1C[C@@H]2[C@@H](/C=C/C3(COc4ccccc4)OCCO3)[C@H](OC(=O)c3ccc(-c4ccccc4)cc3)C[C@@H]2O1. The zero-order valence-electron chi connectivity index (χ0n) is 21.4. The lowest BCUT2D eigenvalue weighted by Gasteiger charge is -2.26. The quantitative estimate of drug-likeness (QED) is 0.295. The number of ether oxygens (including phenoxy) is 5. The van der Waals surface area contributed by atoms with E-state index in [-0.39, 0.29) is 36.9 Å². The molecule has 0 aromatic heterocycles. The first kappa shape index (κ1) is 25.3. The zero-order valence-corrected chi connectivity index (χ0v) is 21.4. The number of esters is 2. The van der Waals surface area contributed by atoms with E-state index in [0.717, 1.165) is 11.1 Å². The van der Waals surface area contributed by atoms with Crippen molar-refractivity contribution < 1.29 is 33.3 Å². The van der Waals surface area contributed by atoms with Crippen LogP contribution in [0, 0.1) is 11.8 Å². The van der Waals surface area contributed by atoms with E-state index >= 15 is 0 Å². The fourth-order valence-corrected chi connectivity index (χ4v) is 5.58. The number of carbonyl (C=O) groups excluding carboxylic acids is 2. The lowest BCUT2D eigenvalue weighted by Crippen LogP contribution is -2.36. The molecule has 1 saturated carbocycles. The molecule has 3 aromatic carbocycles. The van der Waals surface area contributed by atoms with Crippen LogP contribution in [0.15, 0.2) is 97.1 Å². The molecule has 3 fully saturated rings. The predicted molar refractivity (Wildman–Crippen MR) is 143 cm³/mol. The Labute approximate surface area is 227 Å². The van der Waals surface area contributed by atoms with Crippen molar-refractivity contribution in [2.75, 3.05) is 19.8 Å². The molecule has 2 aliphatic heterocycles. The number of hydrogen-bond donors (Lipinski definition) is 0. The van der Waals surface area contributed by atoms with Crippen LogP contribution in [-0.2, 0) is 23.7 Å². The maximum absolute atomic E-state index is 13.1. The van der Waals surface area contributed by atoms with Crippen LogP contribution >= 0.6 is 0 Å². The molecule has 0 radical (unpaired) electrons. The third kappa shape index (κ3) is 5.60. The van der Waals surface area contributed by atoms with E-state index in [0.29, 0.717) is 30.9 Å². The van der Waals surface area contributed by atoms with Gasteiger partial charge in [0.2, 0.25) is 5.79 Å². The van der Waals surface area contributed by atoms with Crippen molar-refractivity contribution in [3.05, 3.63) is 103 Å². The van der Waals surface area contributed by atoms with E-state index in [1.54, 1.807) is 12.1 Å². The second-order valence-corrected chi connectivity index (χ2v) is 10.1. The molecule has 6 rings (SSSR count). The van der Waals surface area contributed by atoms with Crippen LogP contribution in [0.25, 0.3) is 11.1 Å². The van der Waals surface area contributed by atoms with Gasteiger partial charge in [-0.25, -0.2) is 4.79 Å². The van der Waals surface area contributed by atoms with Crippen LogP contribution < -0.4 is 4.74 Å². The second-order valence-electron chi connectivity index (χ2n) is 10.1. The summed E-state index contributed by atoms with van der Waals surface area (Å²) in [6.45, 7) is 1.05. The van der Waals surface area contributed by atoms with Crippen molar-refractivity contribution in [3.8, 4) is 16.9 Å². The summed E-state index contributed by atoms with van der Waals surface area (Å²) in [5.74, 6) is -1.28. The molecule has 1 aliphatic carbocycles. The summed E-state index contributed by atoms with van der Waals surface area (Å²) in [6, 6.07) is 26.8. The summed E-state index contributed by atoms with van der Waals surface area (Å²) < 4.78 is 29.4. The Bertz CT molecular complexity index is 1310. The fourth-order valence-electron chi connectivity index (χ4n) is 5.58. The Morgan fingerprint density at radius 2 is 1.56 bits per heavy atom. The van der Waals surface area contributed by atoms with Gasteiger partial charge in [0, 0.05) is 18.3 Å². The maximum atomic E-state index is 13.1. The molecule has 200 valence electrons. The number of para-hydroxylation sites is 1. The number of benzene rings is 3. The van der Waals surface area contributed by atoms with Gasteiger partial charge in [0.15, 0.2) is 0 Å². The third-order valence-electron chi connectivity index (χ3n) is 7.57. The van der Waals surface area contributed by atoms with Crippen LogP contribution in [0.2, 0.25) is 0 Å². The highest BCUT2D eigenvalue weighted by Gasteiger charge is 2.51. The molecule has 0 bridgehead atoms. The van der Waals surface area contributed by atoms with Crippen LogP contribution in [-0.4, -0.2) is 49.8 Å². The molecule has 2 heterocycles. The molecule has 39 heavy (non-hydrogen) atoms. The lowest BCUT2D eigenvalue weighted by molar-refractivity contribution is -0.141. The minimum absolute atomic E-state index is 0.0829. The van der Waals surface area contributed by atoms with E-state index in [4.69, 9.17) is 23.7 Å². The molecule has 4 atom stereocenters. The first-order chi connectivity index (χ1) is 19.1. The van der Waals surface area contributed by atoms with E-state index in [1.807, 2.05) is 84.9 Å². The largest absolute Gasteiger partial charge is 0.488 e. The average molecular weight is 527 g/mol. The van der Waals surface area contributed by atoms with Crippen molar-refractivity contribution >= 4 is 11.9 Å². The van der Waals surface area contributed by atoms with Crippen molar-refractivity contribution in [2.45, 2.75) is 30.8 Å². The Kier molecular flexibility index (Phi) is 7.18. The van der Waals surface area contributed by atoms with Gasteiger partial charge in [-0.15, -0.1) is 0 Å². The number of carbonyl (C=O) groups is 2. The van der Waals surface area contributed by atoms with Gasteiger partial charge in [-0.3, -0.25) is 4.79 Å². The molecule has 0 N–H and O–H groups in total. The minimum Gasteiger partial charge on any atom is -0.488 e. The van der Waals surface area contributed by atoms with Gasteiger partial charge in [0.1, 0.15) is 24.6 Å². The summed E-state index contributed by atoms with van der Waals surface area (Å²) in [5.41, 5.74) is 2.58. The zero-order chi connectivity index (χ0) is 26.7. The van der Waals surface area contributed by atoms with Gasteiger partial charge in [0.25, 0.3) is 0 Å². The van der Waals surface area contributed by atoms with Crippen LogP contribution in [0.5, 0.6) is 5.75 Å². The van der Waals surface area contributed by atoms with Gasteiger partial charge in [0.05, 0.1) is 25.2 Å². The van der Waals surface area contributed by atoms with Crippen molar-refractivity contribution in [2.24, 2.45) is 11.8 Å². The molecule has 7 heteroatoms. The molecule has 7 nitrogen and oxygen atoms in total. The summed E-state index contributed by atoms with van der Waals surface area (Å²) in [7, 11) is 0. The molecule has 0 unspecified atom stereocenters. The van der Waals surface area contributed by atoms with Crippen LogP contribution in [0.3, 0.4) is 0 Å². The molecule has 0 amide bonds. The minimum atomic E-state index is -1.06. The first-order valence-electron chi connectivity index (χ1n) is 13.3. The van der Waals surface area contributed by atoms with E-state index in [2.05, 4.69) is 0 Å². The van der Waals surface area contributed by atoms with Crippen molar-refractivity contribution in [1.29, 1.82) is 0 Å². The van der Waals surface area contributed by atoms with Gasteiger partial charge in [-0.2, -0.15) is 0 Å². The number of hydrogen-bond acceptors (Lipinski definition) is 7. The molecule has 3 aromatic rings. The lowest BCUT2D eigenvalue weighted by atomic mass is 9.91. The molecule has 0 spiro atoms. The monoisotopic (exact) mass is 526 g/mol. The summed E-state index contributed by atoms with van der Waals surface area (Å²) in [5, 5.41) is 0. The fraction of sp³-hybridized carbons (Fsp3) is 0.312. The maximum Gasteiger partial charge on any atom is 0.338 e. The highest BCUT2D eigenvalue weighted by Crippen LogP contribution is 2.44. The van der Waals surface area contributed by atoms with Crippen molar-refractivity contribution in [3.63, 3.8) is 0 Å². The standard InChI is InChI=1S/C32H30O7/c33-30-19-27-26(15-16-32(36-17-18-37-32)21-35-25-9-5-2-6-10-25)28(20-29(27)38-30)39-31(34)24-13-11-23(12-14-24)22-7-3-1-4-8-22/h1-16,26-29H,17-21H2/b16-15+/t26-,27-,28-,29+/m1/s1. The molecule has 2 saturated heterocycles. The van der Waals surface area contributed by atoms with Crippen LogP contribution in [0.1, 0.15) is 23.2 Å². The van der Waals surface area contributed by atoms with Crippen LogP contribution in [0.4, 0.5) is 0 Å². The highest BCUT2D eigenvalue weighted by molar-refractivity contribution is 5.90. The van der Waals surface area contributed by atoms with Gasteiger partial charge in [-0.1, -0.05) is 66.7 Å². The molecular formula is C32H30O7. The second kappa shape index (κ2) is 11.0. The Morgan fingerprint density at radius 3 is 2.28 bits per heavy atom. The predicted octanol–water partition coefficient (Wildman–Crippen LogP) is 5.21. The topological polar surface area (TPSA) is 80.3 Å². The normalized spacial score (nSPS) is 25.4. The van der Waals surface area contributed by atoms with E-state index < -0.39 is 17.9 Å². The Hall–Kier alpha value is -3.94. The first-order valence-corrected chi connectivity index (χ1v) is 13.3. The van der Waals surface area contributed by atoms with Gasteiger partial charge in [-0.05, 0) is 41.5 Å². The highest BCUT2D eigenvalue weighted by atomic mass is 16.8. The summed E-state index contributed by atoms with van der Waals surface area (Å²) >= 11 is 0. The van der Waals surface area contributed by atoms with Gasteiger partial charge < -0.3 is 23.7 Å². The molecular weight excluding hydrogens is 496 g/mol. The van der Waals surface area contributed by atoms with E-state index in [1.165, 1.54) is 0 Å². The average Bonchev–Trinajstić information content (AvgIpc) is 3.67. The third-order valence-corrected chi connectivity index (χ3v) is 7.57. The summed E-state index contributed by atoms with van der Waals surface area (Å²) in [4.78, 5) is 25.2. The van der Waals surface area contributed by atoms with Gasteiger partial charge >= 0.3 is 11.9 Å². The summed E-state index contributed by atoms with van der Waals surface area (Å²) in [6.07, 6.45) is 3.80. The Balaban J connectivity index is 1.17. The number of rotatable bonds is 8. The molecule has 3 aliphatic rings. The van der Waals surface area contributed by atoms with Crippen molar-refractivity contribution in [1.82, 2.24) is 0 Å². The Morgan fingerprint density at radius 1 is 0.897 bits per heavy atom.